The summed E-state index contributed by atoms with van der Waals surface area (Å²) in [6.07, 6.45) is 0. The lowest BCUT2D eigenvalue weighted by Crippen LogP contribution is -2.44. The van der Waals surface area contributed by atoms with Crippen molar-refractivity contribution in [3.8, 4) is 0 Å². The van der Waals surface area contributed by atoms with Crippen molar-refractivity contribution in [3.63, 3.8) is 0 Å². The molecule has 0 heterocycles. The molecule has 3 heteroatoms. The maximum absolute atomic E-state index is 10.4. The fourth-order valence-electron chi connectivity index (χ4n) is 0.123. The summed E-state index contributed by atoms with van der Waals surface area (Å²) < 4.78 is 0. The van der Waals surface area contributed by atoms with Gasteiger partial charge in [-0.15, -0.1) is 0 Å². The maximum Gasteiger partial charge on any atom is 0.170 e. The lowest BCUT2D eigenvalue weighted by Gasteiger charge is -2.19. The molecule has 0 rings (SSSR count). The van der Waals surface area contributed by atoms with Crippen LogP contribution in [0.5, 0.6) is 0 Å². The van der Waals surface area contributed by atoms with Gasteiger partial charge in [-0.2, -0.15) is 0 Å². The molecular weight excluding hydrogens is 101 g/mol. The highest BCUT2D eigenvalue weighted by molar-refractivity contribution is 6.59. The van der Waals surface area contributed by atoms with Crippen LogP contribution in [0, 0.1) is 0 Å². The Bertz CT molecular complexity index is 101. The van der Waals surface area contributed by atoms with Gasteiger partial charge in [-0.05, 0) is 20.9 Å². The molecule has 0 spiro atoms. The second-order valence-electron chi connectivity index (χ2n) is 2.24. The molecule has 0 saturated carbocycles. The third-order valence-electron chi connectivity index (χ3n) is 1.24. The van der Waals surface area contributed by atoms with E-state index in [9.17, 15) is 4.79 Å². The Hall–Kier alpha value is -0.305. The minimum Gasteiger partial charge on any atom is -0.311 e. The largest absolute Gasteiger partial charge is 0.311 e. The highest BCUT2D eigenvalue weighted by Crippen LogP contribution is 1.97. The molecule has 0 fully saturated rings. The lowest BCUT2D eigenvalue weighted by molar-refractivity contribution is -0.116. The molecule has 0 aromatic rings. The van der Waals surface area contributed by atoms with Crippen molar-refractivity contribution in [2.75, 3.05) is 7.05 Å². The highest BCUT2D eigenvalue weighted by Gasteiger charge is 2.18. The number of hydrogen-bond acceptors (Lipinski definition) is 2. The molecule has 0 aromatic carbocycles. The Morgan fingerprint density at radius 2 is 2.00 bits per heavy atom. The molecule has 0 amide bonds. The van der Waals surface area contributed by atoms with Crippen LogP contribution in [0.4, 0.5) is 0 Å². The van der Waals surface area contributed by atoms with E-state index < -0.39 is 5.54 Å². The molecule has 0 aliphatic carbocycles. The van der Waals surface area contributed by atoms with Crippen LogP contribution in [-0.4, -0.2) is 26.1 Å². The van der Waals surface area contributed by atoms with Crippen molar-refractivity contribution in [1.82, 2.24) is 5.32 Å². The SMILES string of the molecule is [B]C(=O)C(C)(C)NC. The first-order chi connectivity index (χ1) is 3.50. The molecule has 0 aliphatic heterocycles. The van der Waals surface area contributed by atoms with Crippen LogP contribution < -0.4 is 5.32 Å². The van der Waals surface area contributed by atoms with Gasteiger partial charge in [0.25, 0.3) is 0 Å². The molecule has 8 heavy (non-hydrogen) atoms. The van der Waals surface area contributed by atoms with Crippen molar-refractivity contribution in [3.05, 3.63) is 0 Å². The van der Waals surface area contributed by atoms with E-state index in [1.165, 1.54) is 0 Å². The first kappa shape index (κ1) is 7.69. The Morgan fingerprint density at radius 1 is 1.62 bits per heavy atom. The molecular formula is C5H10BNO. The summed E-state index contributed by atoms with van der Waals surface area (Å²) in [4.78, 5) is 10.4. The molecule has 0 aliphatic rings. The van der Waals surface area contributed by atoms with Crippen molar-refractivity contribution in [2.24, 2.45) is 0 Å². The summed E-state index contributed by atoms with van der Waals surface area (Å²) in [6.45, 7) is 3.46. The summed E-state index contributed by atoms with van der Waals surface area (Å²) >= 11 is 0. The summed E-state index contributed by atoms with van der Waals surface area (Å²) in [7, 11) is 6.68. The van der Waals surface area contributed by atoms with Crippen LogP contribution in [-0.2, 0) is 4.79 Å². The summed E-state index contributed by atoms with van der Waals surface area (Å²) in [5.41, 5.74) is -0.903. The summed E-state index contributed by atoms with van der Waals surface area (Å²) in [5, 5.41) is 2.77. The minimum atomic E-state index is -0.569. The third-order valence-corrected chi connectivity index (χ3v) is 1.24. The van der Waals surface area contributed by atoms with Gasteiger partial charge in [0.15, 0.2) is 7.85 Å². The average Bonchev–Trinajstić information content (AvgIpc) is 1.67. The van der Waals surface area contributed by atoms with Gasteiger partial charge in [-0.25, -0.2) is 0 Å². The van der Waals surface area contributed by atoms with Crippen LogP contribution in [0.25, 0.3) is 0 Å². The van der Waals surface area contributed by atoms with E-state index in [1.54, 1.807) is 20.9 Å². The van der Waals surface area contributed by atoms with Crippen LogP contribution >= 0.6 is 0 Å². The van der Waals surface area contributed by atoms with Gasteiger partial charge in [0.1, 0.15) is 0 Å². The molecule has 0 unspecified atom stereocenters. The smallest absolute Gasteiger partial charge is 0.170 e. The monoisotopic (exact) mass is 111 g/mol. The van der Waals surface area contributed by atoms with Gasteiger partial charge in [0, 0.05) is 0 Å². The quantitative estimate of drug-likeness (QED) is 0.494. The van der Waals surface area contributed by atoms with Crippen molar-refractivity contribution < 1.29 is 4.79 Å². The second-order valence-corrected chi connectivity index (χ2v) is 2.24. The fourth-order valence-corrected chi connectivity index (χ4v) is 0.123. The van der Waals surface area contributed by atoms with E-state index in [2.05, 4.69) is 5.32 Å². The van der Waals surface area contributed by atoms with Gasteiger partial charge in [-0.1, -0.05) is 0 Å². The Labute approximate surface area is 51.1 Å². The van der Waals surface area contributed by atoms with Gasteiger partial charge in [-0.3, -0.25) is 0 Å². The number of hydrogen-bond donors (Lipinski definition) is 1. The summed E-state index contributed by atoms with van der Waals surface area (Å²) in [5.74, 6) is 0. The lowest BCUT2D eigenvalue weighted by atomic mass is 9.85. The predicted molar refractivity (Wildman–Crippen MR) is 33.9 cm³/mol. The molecule has 0 atom stereocenters. The van der Waals surface area contributed by atoms with E-state index in [1.807, 2.05) is 0 Å². The summed E-state index contributed by atoms with van der Waals surface area (Å²) in [6, 6.07) is 0. The van der Waals surface area contributed by atoms with Crippen molar-refractivity contribution in [2.45, 2.75) is 19.4 Å². The zero-order valence-electron chi connectivity index (χ0n) is 5.49. The first-order valence-corrected chi connectivity index (χ1v) is 2.49. The fraction of sp³-hybridized carbons (Fsp3) is 0.800. The Kier molecular flexibility index (Phi) is 2.22. The van der Waals surface area contributed by atoms with E-state index in [-0.39, 0.29) is 5.68 Å². The third kappa shape index (κ3) is 1.66. The average molecular weight is 111 g/mol. The molecule has 0 saturated heterocycles. The molecule has 0 aromatic heterocycles. The topological polar surface area (TPSA) is 29.1 Å². The standard InChI is InChI=1S/C5H10BNO/c1-5(2,7-3)4(6)8/h7H,1-3H3. The van der Waals surface area contributed by atoms with Gasteiger partial charge < -0.3 is 10.1 Å². The minimum absolute atomic E-state index is 0.333. The molecule has 44 valence electrons. The molecule has 2 nitrogen and oxygen atoms in total. The maximum atomic E-state index is 10.4. The second kappa shape index (κ2) is 2.31. The van der Waals surface area contributed by atoms with Crippen LogP contribution in [0.2, 0.25) is 0 Å². The van der Waals surface area contributed by atoms with E-state index >= 15 is 0 Å². The Morgan fingerprint density at radius 3 is 2.00 bits per heavy atom. The molecule has 2 radical (unpaired) electrons. The van der Waals surface area contributed by atoms with E-state index in [4.69, 9.17) is 7.85 Å². The number of rotatable bonds is 2. The number of carbonyl (C=O) groups is 1. The zero-order chi connectivity index (χ0) is 6.78. The van der Waals surface area contributed by atoms with E-state index in [0.29, 0.717) is 0 Å². The molecule has 1 N–H and O–H groups in total. The number of carbonyl (C=O) groups excluding carboxylic acids is 1. The zero-order valence-corrected chi connectivity index (χ0v) is 5.49. The van der Waals surface area contributed by atoms with Gasteiger partial charge >= 0.3 is 0 Å². The number of likely N-dealkylation sites (N-methyl/N-ethyl adjacent to an activating group) is 1. The van der Waals surface area contributed by atoms with Crippen LogP contribution in [0.1, 0.15) is 13.8 Å². The number of nitrogens with one attached hydrogen (secondary N) is 1. The first-order valence-electron chi connectivity index (χ1n) is 2.49. The van der Waals surface area contributed by atoms with Crippen LogP contribution in [0.15, 0.2) is 0 Å². The van der Waals surface area contributed by atoms with Crippen LogP contribution in [0.3, 0.4) is 0 Å². The molecule has 0 bridgehead atoms. The van der Waals surface area contributed by atoms with Crippen molar-refractivity contribution in [1.29, 1.82) is 0 Å². The predicted octanol–water partition coefficient (Wildman–Crippen LogP) is -0.321. The normalized spacial score (nSPS) is 11.4. The van der Waals surface area contributed by atoms with Gasteiger partial charge in [0.05, 0.1) is 11.2 Å². The Balaban J connectivity index is 3.91. The van der Waals surface area contributed by atoms with Crippen molar-refractivity contribution >= 4 is 13.5 Å². The highest BCUT2D eigenvalue weighted by atomic mass is 16.1. The van der Waals surface area contributed by atoms with Gasteiger partial charge in [0.2, 0.25) is 0 Å². The van der Waals surface area contributed by atoms with E-state index in [0.717, 1.165) is 0 Å².